The van der Waals surface area contributed by atoms with Gasteiger partial charge < -0.3 is 9.47 Å². The number of rotatable bonds is 10. The standard InChI is InChI=1S/C36H30N4O3/c1-26(43-34-18-10-14-28-13-8-9-17-33(28)34)36(41)38-37-23-30-24-40(31-15-6-3-7-16-31)39-35(30)29-19-21-32(22-20-29)42-25-27-11-4-2-5-12-27/h2-24,26H,25H2,1H3,(H,38,41). The molecule has 0 bridgehead atoms. The predicted molar refractivity (Wildman–Crippen MR) is 170 cm³/mol. The number of nitrogens with zero attached hydrogens (tertiary/aromatic N) is 3. The van der Waals surface area contributed by atoms with Crippen LogP contribution in [0.5, 0.6) is 11.5 Å². The van der Waals surface area contributed by atoms with Crippen LogP contribution in [0.15, 0.2) is 139 Å². The summed E-state index contributed by atoms with van der Waals surface area (Å²) < 4.78 is 13.7. The monoisotopic (exact) mass is 566 g/mol. The molecule has 1 N–H and O–H groups in total. The zero-order chi connectivity index (χ0) is 29.4. The average Bonchev–Trinajstić information content (AvgIpc) is 3.49. The molecule has 0 aliphatic rings. The Morgan fingerprint density at radius 3 is 2.35 bits per heavy atom. The quantitative estimate of drug-likeness (QED) is 0.141. The molecule has 1 atom stereocenters. The molecule has 1 heterocycles. The first-order chi connectivity index (χ1) is 21.1. The van der Waals surface area contributed by atoms with E-state index >= 15 is 0 Å². The lowest BCUT2D eigenvalue weighted by Gasteiger charge is -2.14. The van der Waals surface area contributed by atoms with E-state index in [0.717, 1.165) is 44.6 Å². The average molecular weight is 567 g/mol. The van der Waals surface area contributed by atoms with Gasteiger partial charge in [-0.2, -0.15) is 10.2 Å². The molecule has 43 heavy (non-hydrogen) atoms. The van der Waals surface area contributed by atoms with Crippen LogP contribution in [0.2, 0.25) is 0 Å². The van der Waals surface area contributed by atoms with Crippen LogP contribution in [0, 0.1) is 0 Å². The molecule has 0 aliphatic carbocycles. The lowest BCUT2D eigenvalue weighted by atomic mass is 10.1. The highest BCUT2D eigenvalue weighted by molar-refractivity contribution is 5.91. The number of fused-ring (bicyclic) bond motifs is 1. The molecule has 7 nitrogen and oxygen atoms in total. The predicted octanol–water partition coefficient (Wildman–Crippen LogP) is 7.19. The third-order valence-electron chi connectivity index (χ3n) is 6.94. The summed E-state index contributed by atoms with van der Waals surface area (Å²) in [5.74, 6) is 1.05. The van der Waals surface area contributed by atoms with Crippen LogP contribution < -0.4 is 14.9 Å². The first-order valence-corrected chi connectivity index (χ1v) is 14.0. The summed E-state index contributed by atoms with van der Waals surface area (Å²) in [6.07, 6.45) is 2.73. The number of para-hydroxylation sites is 1. The molecule has 5 aromatic carbocycles. The van der Waals surface area contributed by atoms with Crippen molar-refractivity contribution in [2.24, 2.45) is 5.10 Å². The van der Waals surface area contributed by atoms with Gasteiger partial charge in [0.15, 0.2) is 6.10 Å². The fraction of sp³-hybridized carbons (Fsp3) is 0.0833. The van der Waals surface area contributed by atoms with Gasteiger partial charge in [0.05, 0.1) is 11.9 Å². The van der Waals surface area contributed by atoms with E-state index in [-0.39, 0.29) is 5.91 Å². The van der Waals surface area contributed by atoms with E-state index in [1.54, 1.807) is 17.8 Å². The maximum absolute atomic E-state index is 12.9. The zero-order valence-electron chi connectivity index (χ0n) is 23.6. The molecule has 0 saturated carbocycles. The van der Waals surface area contributed by atoms with Gasteiger partial charge in [-0.3, -0.25) is 4.79 Å². The number of nitrogens with one attached hydrogen (secondary N) is 1. The van der Waals surface area contributed by atoms with E-state index in [9.17, 15) is 4.79 Å². The van der Waals surface area contributed by atoms with Gasteiger partial charge in [-0.15, -0.1) is 0 Å². The molecule has 212 valence electrons. The second kappa shape index (κ2) is 12.9. The minimum atomic E-state index is -0.752. The van der Waals surface area contributed by atoms with Gasteiger partial charge in [0.1, 0.15) is 23.8 Å². The molecule has 6 rings (SSSR count). The van der Waals surface area contributed by atoms with Gasteiger partial charge in [0.2, 0.25) is 0 Å². The van der Waals surface area contributed by atoms with E-state index in [0.29, 0.717) is 12.4 Å². The van der Waals surface area contributed by atoms with Gasteiger partial charge in [0.25, 0.3) is 5.91 Å². The minimum absolute atomic E-state index is 0.360. The lowest BCUT2D eigenvalue weighted by molar-refractivity contribution is -0.127. The Morgan fingerprint density at radius 1 is 0.860 bits per heavy atom. The third kappa shape index (κ3) is 6.63. The zero-order valence-corrected chi connectivity index (χ0v) is 23.6. The van der Waals surface area contributed by atoms with Crippen molar-refractivity contribution in [2.75, 3.05) is 0 Å². The Kier molecular flexibility index (Phi) is 8.22. The van der Waals surface area contributed by atoms with Crippen molar-refractivity contribution < 1.29 is 14.3 Å². The number of hydrazone groups is 1. The molecule has 1 unspecified atom stereocenters. The van der Waals surface area contributed by atoms with E-state index in [1.807, 2.05) is 134 Å². The number of amides is 1. The molecule has 6 aromatic rings. The van der Waals surface area contributed by atoms with Gasteiger partial charge in [-0.1, -0.05) is 84.9 Å². The van der Waals surface area contributed by atoms with Gasteiger partial charge in [-0.05, 0) is 60.3 Å². The minimum Gasteiger partial charge on any atom is -0.489 e. The Labute approximate surface area is 250 Å². The van der Waals surface area contributed by atoms with Crippen LogP contribution in [0.4, 0.5) is 0 Å². The van der Waals surface area contributed by atoms with Crippen LogP contribution in [-0.4, -0.2) is 28.0 Å². The van der Waals surface area contributed by atoms with Crippen LogP contribution in [0.1, 0.15) is 18.1 Å². The van der Waals surface area contributed by atoms with Gasteiger partial charge in [-0.25, -0.2) is 10.1 Å². The van der Waals surface area contributed by atoms with Crippen molar-refractivity contribution in [3.63, 3.8) is 0 Å². The second-order valence-corrected chi connectivity index (χ2v) is 9.98. The normalized spacial score (nSPS) is 11.8. The molecule has 1 aromatic heterocycles. The molecule has 7 heteroatoms. The highest BCUT2D eigenvalue weighted by Crippen LogP contribution is 2.27. The number of hydrogen-bond donors (Lipinski definition) is 1. The maximum Gasteiger partial charge on any atom is 0.280 e. The van der Waals surface area contributed by atoms with Crippen LogP contribution in [0.3, 0.4) is 0 Å². The maximum atomic E-state index is 12.9. The second-order valence-electron chi connectivity index (χ2n) is 9.98. The van der Waals surface area contributed by atoms with E-state index in [4.69, 9.17) is 14.6 Å². The fourth-order valence-corrected chi connectivity index (χ4v) is 4.67. The van der Waals surface area contributed by atoms with E-state index < -0.39 is 6.10 Å². The molecule has 0 spiro atoms. The molecule has 1 amide bonds. The largest absolute Gasteiger partial charge is 0.489 e. The first kappa shape index (κ1) is 27.5. The number of aromatic nitrogens is 2. The number of benzene rings is 5. The van der Waals surface area contributed by atoms with Crippen molar-refractivity contribution in [1.82, 2.24) is 15.2 Å². The van der Waals surface area contributed by atoms with E-state index in [1.165, 1.54) is 0 Å². The third-order valence-corrected chi connectivity index (χ3v) is 6.94. The van der Waals surface area contributed by atoms with Gasteiger partial charge >= 0.3 is 0 Å². The Hall–Kier alpha value is -5.69. The number of carbonyl (C=O) groups excluding carboxylic acids is 1. The van der Waals surface area contributed by atoms with Crippen LogP contribution in [0.25, 0.3) is 27.7 Å². The van der Waals surface area contributed by atoms with E-state index in [2.05, 4.69) is 10.5 Å². The number of carbonyl (C=O) groups is 1. The van der Waals surface area contributed by atoms with Crippen LogP contribution in [-0.2, 0) is 11.4 Å². The summed E-state index contributed by atoms with van der Waals surface area (Å²) in [7, 11) is 0. The summed E-state index contributed by atoms with van der Waals surface area (Å²) in [6, 6.07) is 41.3. The topological polar surface area (TPSA) is 77.7 Å². The first-order valence-electron chi connectivity index (χ1n) is 14.0. The Balaban J connectivity index is 1.18. The lowest BCUT2D eigenvalue weighted by Crippen LogP contribution is -2.33. The Morgan fingerprint density at radius 2 is 1.56 bits per heavy atom. The summed E-state index contributed by atoms with van der Waals surface area (Å²) in [5.41, 5.74) is 6.98. The molecule has 0 saturated heterocycles. The van der Waals surface area contributed by atoms with Crippen molar-refractivity contribution in [1.29, 1.82) is 0 Å². The number of ether oxygens (including phenoxy) is 2. The summed E-state index contributed by atoms with van der Waals surface area (Å²) in [5, 5.41) is 11.1. The van der Waals surface area contributed by atoms with Gasteiger partial charge in [0, 0.05) is 22.7 Å². The molecule has 0 fully saturated rings. The molecular formula is C36H30N4O3. The Bertz CT molecular complexity index is 1840. The number of hydrogen-bond acceptors (Lipinski definition) is 5. The van der Waals surface area contributed by atoms with Crippen molar-refractivity contribution >= 4 is 22.9 Å². The smallest absolute Gasteiger partial charge is 0.280 e. The van der Waals surface area contributed by atoms with Crippen LogP contribution >= 0.6 is 0 Å². The summed E-state index contributed by atoms with van der Waals surface area (Å²) in [4.78, 5) is 12.9. The summed E-state index contributed by atoms with van der Waals surface area (Å²) >= 11 is 0. The van der Waals surface area contributed by atoms with Crippen molar-refractivity contribution in [3.8, 4) is 28.4 Å². The summed E-state index contributed by atoms with van der Waals surface area (Å²) in [6.45, 7) is 2.19. The molecular weight excluding hydrogens is 536 g/mol. The van der Waals surface area contributed by atoms with Crippen molar-refractivity contribution in [2.45, 2.75) is 19.6 Å². The SMILES string of the molecule is CC(Oc1cccc2ccccc12)C(=O)NN=Cc1cn(-c2ccccc2)nc1-c1ccc(OCc2ccccc2)cc1. The fourth-order valence-electron chi connectivity index (χ4n) is 4.67. The molecule has 0 aliphatic heterocycles. The highest BCUT2D eigenvalue weighted by Gasteiger charge is 2.16. The highest BCUT2D eigenvalue weighted by atomic mass is 16.5. The van der Waals surface area contributed by atoms with Crippen molar-refractivity contribution in [3.05, 3.63) is 145 Å². The molecule has 0 radical (unpaired) electrons.